The molecule has 0 unspecified atom stereocenters. The summed E-state index contributed by atoms with van der Waals surface area (Å²) < 4.78 is 0. The largest absolute Gasteiger partial charge is 0.385 e. The number of nitrogens with one attached hydrogen (secondary N) is 1. The highest BCUT2D eigenvalue weighted by molar-refractivity contribution is 8.13. The van der Waals surface area contributed by atoms with Crippen LogP contribution in [0.4, 0.5) is 0 Å². The van der Waals surface area contributed by atoms with Gasteiger partial charge in [-0.2, -0.15) is 0 Å². The Morgan fingerprint density at radius 2 is 2.25 bits per heavy atom. The van der Waals surface area contributed by atoms with Gasteiger partial charge in [-0.3, -0.25) is 5.41 Å². The predicted octanol–water partition coefficient (Wildman–Crippen LogP) is 1.30. The van der Waals surface area contributed by atoms with Gasteiger partial charge >= 0.3 is 0 Å². The van der Waals surface area contributed by atoms with Crippen molar-refractivity contribution in [3.05, 3.63) is 0 Å². The molecule has 0 aromatic carbocycles. The molecule has 0 aliphatic rings. The van der Waals surface area contributed by atoms with Crippen molar-refractivity contribution < 1.29 is 5.11 Å². The summed E-state index contributed by atoms with van der Waals surface area (Å²) in [5.41, 5.74) is 0. The summed E-state index contributed by atoms with van der Waals surface area (Å²) in [6.45, 7) is 3.87. The van der Waals surface area contributed by atoms with E-state index in [1.54, 1.807) is 0 Å². The summed E-state index contributed by atoms with van der Waals surface area (Å²) in [4.78, 5) is 0. The van der Waals surface area contributed by atoms with Crippen LogP contribution in [-0.2, 0) is 0 Å². The van der Waals surface area contributed by atoms with Crippen molar-refractivity contribution in [1.82, 2.24) is 0 Å². The SMILES string of the molecule is CC(C)C(=N)SCO. The monoisotopic (exact) mass is 133 g/mol. The molecule has 0 heterocycles. The smallest absolute Gasteiger partial charge is 0.0943 e. The van der Waals surface area contributed by atoms with Crippen molar-refractivity contribution in [2.75, 3.05) is 5.94 Å². The topological polar surface area (TPSA) is 44.1 Å². The van der Waals surface area contributed by atoms with Crippen molar-refractivity contribution in [2.24, 2.45) is 5.92 Å². The predicted molar refractivity (Wildman–Crippen MR) is 37.2 cm³/mol. The first-order chi connectivity index (χ1) is 3.68. The molecule has 0 aliphatic carbocycles. The second-order valence-corrected chi connectivity index (χ2v) is 2.78. The number of thioether (sulfide) groups is 1. The molecule has 2 N–H and O–H groups in total. The fourth-order valence-electron chi connectivity index (χ4n) is 0.236. The number of rotatable bonds is 2. The summed E-state index contributed by atoms with van der Waals surface area (Å²) in [5.74, 6) is 0.281. The van der Waals surface area contributed by atoms with Crippen LogP contribution in [0.3, 0.4) is 0 Å². The lowest BCUT2D eigenvalue weighted by molar-refractivity contribution is 0.376. The van der Waals surface area contributed by atoms with E-state index >= 15 is 0 Å². The lowest BCUT2D eigenvalue weighted by Crippen LogP contribution is -2.00. The standard InChI is InChI=1S/C5H11NOS/c1-4(2)5(6)8-3-7/h4,6-7H,3H2,1-2H3. The van der Waals surface area contributed by atoms with E-state index in [9.17, 15) is 0 Å². The molecule has 48 valence electrons. The van der Waals surface area contributed by atoms with Gasteiger partial charge in [-0.15, -0.1) is 0 Å². The third-order valence-electron chi connectivity index (χ3n) is 0.744. The van der Waals surface area contributed by atoms with Gasteiger partial charge in [-0.05, 0) is 0 Å². The van der Waals surface area contributed by atoms with Crippen LogP contribution >= 0.6 is 11.8 Å². The van der Waals surface area contributed by atoms with E-state index in [1.165, 1.54) is 11.8 Å². The van der Waals surface area contributed by atoms with Crippen molar-refractivity contribution in [1.29, 1.82) is 5.41 Å². The van der Waals surface area contributed by atoms with Gasteiger partial charge < -0.3 is 5.11 Å². The van der Waals surface area contributed by atoms with Crippen molar-refractivity contribution >= 4 is 16.8 Å². The highest BCUT2D eigenvalue weighted by Crippen LogP contribution is 2.08. The van der Waals surface area contributed by atoms with Crippen molar-refractivity contribution in [2.45, 2.75) is 13.8 Å². The fourth-order valence-corrected chi connectivity index (χ4v) is 0.709. The van der Waals surface area contributed by atoms with Gasteiger partial charge in [0.2, 0.25) is 0 Å². The Bertz CT molecular complexity index is 82.5. The van der Waals surface area contributed by atoms with E-state index in [-0.39, 0.29) is 11.9 Å². The van der Waals surface area contributed by atoms with Crippen LogP contribution < -0.4 is 0 Å². The molecule has 3 heteroatoms. The first-order valence-corrected chi connectivity index (χ1v) is 3.49. The van der Waals surface area contributed by atoms with Crippen molar-refractivity contribution in [3.63, 3.8) is 0 Å². The van der Waals surface area contributed by atoms with Gasteiger partial charge in [0.1, 0.15) is 0 Å². The molecule has 2 nitrogen and oxygen atoms in total. The van der Waals surface area contributed by atoms with E-state index in [0.717, 1.165) is 0 Å². The Morgan fingerprint density at radius 3 is 2.38 bits per heavy atom. The van der Waals surface area contributed by atoms with E-state index < -0.39 is 0 Å². The molecular weight excluding hydrogens is 122 g/mol. The fraction of sp³-hybridized carbons (Fsp3) is 0.800. The van der Waals surface area contributed by atoms with Crippen LogP contribution in [-0.4, -0.2) is 16.1 Å². The van der Waals surface area contributed by atoms with E-state index in [1.807, 2.05) is 13.8 Å². The molecule has 0 saturated carbocycles. The second-order valence-electron chi connectivity index (χ2n) is 1.79. The molecule has 0 amide bonds. The van der Waals surface area contributed by atoms with Crippen LogP contribution in [0.5, 0.6) is 0 Å². The molecule has 0 radical (unpaired) electrons. The normalized spacial score (nSPS) is 10.0. The van der Waals surface area contributed by atoms with E-state index in [4.69, 9.17) is 10.5 Å². The summed E-state index contributed by atoms with van der Waals surface area (Å²) in [7, 11) is 0. The molecular formula is C5H11NOS. The zero-order chi connectivity index (χ0) is 6.57. The number of aliphatic hydroxyl groups excluding tert-OH is 1. The highest BCUT2D eigenvalue weighted by Gasteiger charge is 1.99. The highest BCUT2D eigenvalue weighted by atomic mass is 32.2. The van der Waals surface area contributed by atoms with Crippen molar-refractivity contribution in [3.8, 4) is 0 Å². The number of hydrogen-bond donors (Lipinski definition) is 2. The van der Waals surface area contributed by atoms with E-state index in [2.05, 4.69) is 0 Å². The second kappa shape index (κ2) is 3.92. The van der Waals surface area contributed by atoms with Crippen LogP contribution in [0.25, 0.3) is 0 Å². The maximum absolute atomic E-state index is 8.31. The minimum absolute atomic E-state index is 0.0248. The van der Waals surface area contributed by atoms with Crippen LogP contribution in [0, 0.1) is 11.3 Å². The van der Waals surface area contributed by atoms with Crippen LogP contribution in [0.1, 0.15) is 13.8 Å². The third kappa shape index (κ3) is 3.04. The Hall–Kier alpha value is -0.0200. The maximum Gasteiger partial charge on any atom is 0.0943 e. The molecule has 0 fully saturated rings. The first-order valence-electron chi connectivity index (χ1n) is 2.50. The first kappa shape index (κ1) is 7.98. The lowest BCUT2D eigenvalue weighted by Gasteiger charge is -2.02. The Morgan fingerprint density at radius 1 is 1.75 bits per heavy atom. The zero-order valence-corrected chi connectivity index (χ0v) is 5.96. The van der Waals surface area contributed by atoms with E-state index in [0.29, 0.717) is 5.04 Å². The summed E-state index contributed by atoms with van der Waals surface area (Å²) in [6, 6.07) is 0. The summed E-state index contributed by atoms with van der Waals surface area (Å²) in [5, 5.41) is 16.0. The third-order valence-corrected chi connectivity index (χ3v) is 1.66. The number of hydrogen-bond acceptors (Lipinski definition) is 3. The Labute approximate surface area is 53.8 Å². The Kier molecular flexibility index (Phi) is 3.91. The average Bonchev–Trinajstić information content (AvgIpc) is 1.67. The molecule has 0 bridgehead atoms. The minimum atomic E-state index is 0.0248. The van der Waals surface area contributed by atoms with Gasteiger partial charge in [0, 0.05) is 5.92 Å². The quantitative estimate of drug-likeness (QED) is 0.339. The zero-order valence-electron chi connectivity index (χ0n) is 5.14. The summed E-state index contributed by atoms with van der Waals surface area (Å²) in [6.07, 6.45) is 0. The number of aliphatic hydroxyl groups is 1. The molecule has 0 atom stereocenters. The Balaban J connectivity index is 3.33. The molecule has 8 heavy (non-hydrogen) atoms. The molecule has 0 aromatic heterocycles. The average molecular weight is 133 g/mol. The lowest BCUT2D eigenvalue weighted by atomic mass is 10.2. The van der Waals surface area contributed by atoms with Gasteiger partial charge in [-0.25, -0.2) is 0 Å². The van der Waals surface area contributed by atoms with Gasteiger partial charge in [0.25, 0.3) is 0 Å². The van der Waals surface area contributed by atoms with Gasteiger partial charge in [-0.1, -0.05) is 25.6 Å². The summed E-state index contributed by atoms with van der Waals surface area (Å²) >= 11 is 1.18. The molecule has 0 saturated heterocycles. The van der Waals surface area contributed by atoms with Crippen LogP contribution in [0.2, 0.25) is 0 Å². The molecule has 0 spiro atoms. The van der Waals surface area contributed by atoms with Gasteiger partial charge in [0.05, 0.1) is 11.0 Å². The van der Waals surface area contributed by atoms with Crippen LogP contribution in [0.15, 0.2) is 0 Å². The maximum atomic E-state index is 8.31. The molecule has 0 rings (SSSR count). The minimum Gasteiger partial charge on any atom is -0.385 e. The molecule has 0 aliphatic heterocycles. The van der Waals surface area contributed by atoms with Gasteiger partial charge in [0.15, 0.2) is 0 Å². The molecule has 0 aromatic rings.